The van der Waals surface area contributed by atoms with Gasteiger partial charge in [0, 0.05) is 40.1 Å². The average molecular weight is 715 g/mol. The van der Waals surface area contributed by atoms with E-state index in [4.69, 9.17) is 34.8 Å². The van der Waals surface area contributed by atoms with Crippen molar-refractivity contribution in [2.75, 3.05) is 17.4 Å². The van der Waals surface area contributed by atoms with E-state index in [1.807, 2.05) is 51.1 Å². The quantitative estimate of drug-likeness (QED) is 0.153. The number of amides is 2. The van der Waals surface area contributed by atoms with E-state index in [0.717, 1.165) is 21.0 Å². The Kier molecular flexibility index (Phi) is 12.4. The highest BCUT2D eigenvalue weighted by Gasteiger charge is 2.35. The van der Waals surface area contributed by atoms with E-state index >= 15 is 0 Å². The molecule has 2 amide bonds. The fraction of sp³-hybridized carbons (Fsp3) is 0.278. The van der Waals surface area contributed by atoms with Crippen molar-refractivity contribution in [3.05, 3.63) is 128 Å². The Morgan fingerprint density at radius 1 is 0.809 bits per heavy atom. The Morgan fingerprint density at radius 3 is 2.04 bits per heavy atom. The zero-order chi connectivity index (χ0) is 34.3. The van der Waals surface area contributed by atoms with Crippen molar-refractivity contribution < 1.29 is 18.0 Å². The second-order valence-electron chi connectivity index (χ2n) is 11.8. The number of rotatable bonds is 13. The molecule has 1 unspecified atom stereocenters. The topological polar surface area (TPSA) is 86.8 Å². The Bertz CT molecular complexity index is 1800. The second-order valence-corrected chi connectivity index (χ2v) is 14.9. The van der Waals surface area contributed by atoms with Crippen molar-refractivity contribution >= 4 is 62.3 Å². The molecule has 0 aliphatic carbocycles. The highest BCUT2D eigenvalue weighted by Crippen LogP contribution is 2.31. The number of nitrogens with one attached hydrogen (secondary N) is 1. The maximum atomic E-state index is 14.6. The average Bonchev–Trinajstić information content (AvgIpc) is 3.03. The van der Waals surface area contributed by atoms with Gasteiger partial charge < -0.3 is 10.2 Å². The van der Waals surface area contributed by atoms with E-state index < -0.39 is 28.5 Å². The van der Waals surface area contributed by atoms with Crippen LogP contribution in [0.15, 0.2) is 95.9 Å². The van der Waals surface area contributed by atoms with Gasteiger partial charge in [0.2, 0.25) is 11.8 Å². The highest BCUT2D eigenvalue weighted by atomic mass is 35.5. The van der Waals surface area contributed by atoms with Crippen LogP contribution in [0.1, 0.15) is 36.1 Å². The van der Waals surface area contributed by atoms with Gasteiger partial charge in [-0.05, 0) is 67.3 Å². The number of benzene rings is 4. The lowest BCUT2D eigenvalue weighted by atomic mass is 10.0. The zero-order valence-electron chi connectivity index (χ0n) is 26.7. The molecule has 0 spiro atoms. The molecule has 0 aliphatic rings. The first kappa shape index (κ1) is 36.3. The predicted octanol–water partition coefficient (Wildman–Crippen LogP) is 7.87. The minimum absolute atomic E-state index is 0.00353. The van der Waals surface area contributed by atoms with Gasteiger partial charge in [-0.2, -0.15) is 0 Å². The molecular weight excluding hydrogens is 677 g/mol. The van der Waals surface area contributed by atoms with Gasteiger partial charge in [-0.25, -0.2) is 8.42 Å². The molecule has 7 nitrogen and oxygen atoms in total. The summed E-state index contributed by atoms with van der Waals surface area (Å²) in [6, 6.07) is 24.5. The Hall–Kier alpha value is -3.56. The summed E-state index contributed by atoms with van der Waals surface area (Å²) in [6.07, 6.45) is 0.166. The van der Waals surface area contributed by atoms with E-state index in [9.17, 15) is 18.0 Å². The van der Waals surface area contributed by atoms with Crippen LogP contribution in [0.5, 0.6) is 0 Å². The molecule has 1 atom stereocenters. The van der Waals surface area contributed by atoms with Crippen molar-refractivity contribution in [3.8, 4) is 0 Å². The molecule has 4 rings (SSSR count). The van der Waals surface area contributed by atoms with Crippen LogP contribution in [-0.4, -0.2) is 44.3 Å². The lowest BCUT2D eigenvalue weighted by Gasteiger charge is -2.34. The minimum atomic E-state index is -4.27. The molecule has 11 heteroatoms. The number of carbonyl (C=O) groups excluding carboxylic acids is 2. The molecule has 47 heavy (non-hydrogen) atoms. The van der Waals surface area contributed by atoms with Gasteiger partial charge in [0.25, 0.3) is 10.0 Å². The van der Waals surface area contributed by atoms with Crippen LogP contribution in [0.3, 0.4) is 0 Å². The number of halogens is 3. The number of sulfonamides is 1. The van der Waals surface area contributed by atoms with Crippen LogP contribution in [0.25, 0.3) is 0 Å². The molecule has 0 radical (unpaired) electrons. The maximum absolute atomic E-state index is 14.6. The molecule has 4 aromatic rings. The summed E-state index contributed by atoms with van der Waals surface area (Å²) in [5.41, 5.74) is 3.08. The molecule has 0 saturated heterocycles. The van der Waals surface area contributed by atoms with Crippen molar-refractivity contribution in [1.29, 1.82) is 0 Å². The molecule has 1 N–H and O–H groups in total. The van der Waals surface area contributed by atoms with Crippen LogP contribution < -0.4 is 9.62 Å². The van der Waals surface area contributed by atoms with E-state index in [0.29, 0.717) is 27.2 Å². The van der Waals surface area contributed by atoms with E-state index in [-0.39, 0.29) is 35.4 Å². The lowest BCUT2D eigenvalue weighted by molar-refractivity contribution is -0.140. The molecule has 248 valence electrons. The smallest absolute Gasteiger partial charge is 0.264 e. The van der Waals surface area contributed by atoms with Gasteiger partial charge in [0.05, 0.1) is 10.6 Å². The Balaban J connectivity index is 1.85. The third-order valence-corrected chi connectivity index (χ3v) is 10.6. The third-order valence-electron chi connectivity index (χ3n) is 7.68. The lowest BCUT2D eigenvalue weighted by Crippen LogP contribution is -2.53. The molecule has 0 fully saturated rings. The van der Waals surface area contributed by atoms with Crippen LogP contribution in [0.2, 0.25) is 15.1 Å². The SMILES string of the molecule is Cc1ccc(S(=O)(=O)N(CC(=O)N(Cc2c(Cl)cccc2Cl)C(Cc2ccccc2)C(=O)NCC(C)C)c2ccc(C)c(Cl)c2)cc1. The summed E-state index contributed by atoms with van der Waals surface area (Å²) in [7, 11) is -4.27. The van der Waals surface area contributed by atoms with E-state index in [1.165, 1.54) is 23.1 Å². The fourth-order valence-electron chi connectivity index (χ4n) is 4.93. The van der Waals surface area contributed by atoms with Gasteiger partial charge in [-0.3, -0.25) is 13.9 Å². The van der Waals surface area contributed by atoms with Crippen molar-refractivity contribution in [3.63, 3.8) is 0 Å². The number of hydrogen-bond acceptors (Lipinski definition) is 4. The highest BCUT2D eigenvalue weighted by molar-refractivity contribution is 7.92. The summed E-state index contributed by atoms with van der Waals surface area (Å²) in [5, 5.41) is 3.93. The van der Waals surface area contributed by atoms with Gasteiger partial charge in [-0.15, -0.1) is 0 Å². The number of aryl methyl sites for hydroxylation is 2. The van der Waals surface area contributed by atoms with E-state index in [1.54, 1.807) is 49.4 Å². The molecule has 4 aromatic carbocycles. The van der Waals surface area contributed by atoms with Crippen LogP contribution >= 0.6 is 34.8 Å². The summed E-state index contributed by atoms with van der Waals surface area (Å²) in [4.78, 5) is 29.9. The summed E-state index contributed by atoms with van der Waals surface area (Å²) < 4.78 is 29.5. The van der Waals surface area contributed by atoms with Crippen molar-refractivity contribution in [2.24, 2.45) is 5.92 Å². The van der Waals surface area contributed by atoms with Gasteiger partial charge in [0.15, 0.2) is 0 Å². The normalized spacial score (nSPS) is 12.1. The van der Waals surface area contributed by atoms with Crippen molar-refractivity contribution in [2.45, 2.75) is 51.6 Å². The summed E-state index contributed by atoms with van der Waals surface area (Å²) in [5.74, 6) is -0.862. The van der Waals surface area contributed by atoms with Gasteiger partial charge in [-0.1, -0.05) is 109 Å². The molecule has 0 aromatic heterocycles. The number of anilines is 1. The van der Waals surface area contributed by atoms with Crippen LogP contribution in [0, 0.1) is 19.8 Å². The molecule has 0 bridgehead atoms. The number of carbonyl (C=O) groups is 2. The largest absolute Gasteiger partial charge is 0.354 e. The minimum Gasteiger partial charge on any atom is -0.354 e. The first-order valence-corrected chi connectivity index (χ1v) is 17.7. The zero-order valence-corrected chi connectivity index (χ0v) is 29.8. The standard InChI is InChI=1S/C36H38Cl3N3O4S/c1-24(2)21-40-36(44)34(19-27-9-6-5-7-10-27)41(22-30-31(37)11-8-12-32(30)38)35(43)23-42(28-16-15-26(4)33(39)20-28)47(45,46)29-17-13-25(3)14-18-29/h5-18,20,24,34H,19,21-23H2,1-4H3,(H,40,44). The first-order valence-electron chi connectivity index (χ1n) is 15.2. The molecular formula is C36H38Cl3N3O4S. The number of hydrogen-bond donors (Lipinski definition) is 1. The van der Waals surface area contributed by atoms with E-state index in [2.05, 4.69) is 5.32 Å². The molecule has 0 aliphatic heterocycles. The van der Waals surface area contributed by atoms with Crippen LogP contribution in [0.4, 0.5) is 5.69 Å². The first-order chi connectivity index (χ1) is 22.3. The third kappa shape index (κ3) is 9.29. The maximum Gasteiger partial charge on any atom is 0.264 e. The summed E-state index contributed by atoms with van der Waals surface area (Å²) >= 11 is 19.6. The number of nitrogens with zero attached hydrogens (tertiary/aromatic N) is 2. The Morgan fingerprint density at radius 2 is 1.45 bits per heavy atom. The summed E-state index contributed by atoms with van der Waals surface area (Å²) in [6.45, 7) is 7.21. The van der Waals surface area contributed by atoms with Crippen molar-refractivity contribution in [1.82, 2.24) is 10.2 Å². The van der Waals surface area contributed by atoms with Gasteiger partial charge in [0.1, 0.15) is 12.6 Å². The molecule has 0 saturated carbocycles. The predicted molar refractivity (Wildman–Crippen MR) is 191 cm³/mol. The Labute approximate surface area is 292 Å². The fourth-order valence-corrected chi connectivity index (χ4v) is 7.03. The monoisotopic (exact) mass is 713 g/mol. The molecule has 0 heterocycles. The second kappa shape index (κ2) is 16.0. The van der Waals surface area contributed by atoms with Crippen LogP contribution in [-0.2, 0) is 32.6 Å². The van der Waals surface area contributed by atoms with Gasteiger partial charge >= 0.3 is 0 Å².